The molecule has 1 unspecified atom stereocenters. The summed E-state index contributed by atoms with van der Waals surface area (Å²) >= 11 is 1.56. The first kappa shape index (κ1) is 14.3. The molecule has 0 aliphatic rings. The fraction of sp³-hybridized carbons (Fsp3) is 0.200. The molecule has 0 bridgehead atoms. The maximum Gasteiger partial charge on any atom is 0.267 e. The molecular weight excluding hydrogens is 272 g/mol. The second kappa shape index (κ2) is 6.86. The zero-order chi connectivity index (χ0) is 14.4. The van der Waals surface area contributed by atoms with Crippen molar-refractivity contribution in [3.8, 4) is 0 Å². The predicted octanol–water partition coefficient (Wildman–Crippen LogP) is 3.43. The largest absolute Gasteiger partial charge is 0.383 e. The molecule has 2 rings (SSSR count). The number of nitrogens with zero attached hydrogens (tertiary/aromatic N) is 1. The molecule has 2 aromatic rings. The van der Waals surface area contributed by atoms with Crippen molar-refractivity contribution in [3.05, 3.63) is 52.2 Å². The summed E-state index contributed by atoms with van der Waals surface area (Å²) in [4.78, 5) is 18.0. The Morgan fingerprint density at radius 1 is 1.40 bits per heavy atom. The first-order valence-electron chi connectivity index (χ1n) is 6.25. The first-order chi connectivity index (χ1) is 9.65. The molecule has 4 nitrogen and oxygen atoms in total. The van der Waals surface area contributed by atoms with E-state index in [1.807, 2.05) is 48.7 Å². The molecule has 0 aliphatic heterocycles. The van der Waals surface area contributed by atoms with Gasteiger partial charge >= 0.3 is 0 Å². The van der Waals surface area contributed by atoms with Crippen molar-refractivity contribution >= 4 is 29.1 Å². The Labute approximate surface area is 122 Å². The average Bonchev–Trinajstić information content (AvgIpc) is 2.91. The molecule has 20 heavy (non-hydrogen) atoms. The highest BCUT2D eigenvalue weighted by atomic mass is 32.1. The van der Waals surface area contributed by atoms with Crippen LogP contribution in [0.4, 0.5) is 5.69 Å². The molecule has 1 amide bonds. The van der Waals surface area contributed by atoms with Crippen LogP contribution in [0.5, 0.6) is 0 Å². The van der Waals surface area contributed by atoms with Crippen LogP contribution in [0, 0.1) is 6.92 Å². The molecule has 1 heterocycles. The van der Waals surface area contributed by atoms with E-state index < -0.39 is 6.10 Å². The standard InChI is InChI=1S/C15H16N2O2S/c1-11-5-3-6-13(9-11)17-15(18)12(2)19-16-10-14-7-4-8-20-14/h3-10,12H,1-2H3,(H,17,18)/b16-10+. The molecule has 104 valence electrons. The Balaban J connectivity index is 1.86. The number of aryl methyl sites for hydroxylation is 1. The molecule has 5 heteroatoms. The van der Waals surface area contributed by atoms with Gasteiger partial charge in [-0.2, -0.15) is 0 Å². The van der Waals surface area contributed by atoms with Crippen LogP contribution in [0.2, 0.25) is 0 Å². The van der Waals surface area contributed by atoms with Crippen LogP contribution in [-0.2, 0) is 9.63 Å². The van der Waals surface area contributed by atoms with Gasteiger partial charge in [0.2, 0.25) is 6.10 Å². The number of rotatable bonds is 5. The number of thiophene rings is 1. The van der Waals surface area contributed by atoms with Crippen LogP contribution < -0.4 is 5.32 Å². The minimum Gasteiger partial charge on any atom is -0.383 e. The van der Waals surface area contributed by atoms with Gasteiger partial charge in [0.1, 0.15) is 0 Å². The maximum atomic E-state index is 11.9. The monoisotopic (exact) mass is 288 g/mol. The lowest BCUT2D eigenvalue weighted by Crippen LogP contribution is -2.26. The molecule has 0 saturated carbocycles. The Morgan fingerprint density at radius 2 is 2.25 bits per heavy atom. The van der Waals surface area contributed by atoms with E-state index in [2.05, 4.69) is 10.5 Å². The fourth-order valence-corrected chi connectivity index (χ4v) is 2.13. The van der Waals surface area contributed by atoms with E-state index in [0.717, 1.165) is 16.1 Å². The molecular formula is C15H16N2O2S. The summed E-state index contributed by atoms with van der Waals surface area (Å²) in [5.74, 6) is -0.223. The van der Waals surface area contributed by atoms with Gasteiger partial charge in [-0.25, -0.2) is 0 Å². The van der Waals surface area contributed by atoms with Gasteiger partial charge in [0.15, 0.2) is 0 Å². The van der Waals surface area contributed by atoms with Crippen molar-refractivity contribution in [2.45, 2.75) is 20.0 Å². The molecule has 1 aromatic heterocycles. The Hall–Kier alpha value is -2.14. The van der Waals surface area contributed by atoms with Crippen molar-refractivity contribution in [2.75, 3.05) is 5.32 Å². The van der Waals surface area contributed by atoms with Gasteiger partial charge in [-0.3, -0.25) is 4.79 Å². The summed E-state index contributed by atoms with van der Waals surface area (Å²) in [6, 6.07) is 11.5. The summed E-state index contributed by atoms with van der Waals surface area (Å²) in [6.45, 7) is 3.64. The van der Waals surface area contributed by atoms with Gasteiger partial charge in [0.05, 0.1) is 6.21 Å². The number of amides is 1. The number of oxime groups is 1. The average molecular weight is 288 g/mol. The normalized spacial score (nSPS) is 12.3. The van der Waals surface area contributed by atoms with E-state index in [4.69, 9.17) is 4.84 Å². The highest BCUT2D eigenvalue weighted by molar-refractivity contribution is 7.11. The second-order valence-electron chi connectivity index (χ2n) is 4.36. The SMILES string of the molecule is Cc1cccc(NC(=O)C(C)O/N=C/c2cccs2)c1. The van der Waals surface area contributed by atoms with Crippen LogP contribution in [0.15, 0.2) is 46.9 Å². The van der Waals surface area contributed by atoms with Gasteiger partial charge in [-0.05, 0) is 43.0 Å². The van der Waals surface area contributed by atoms with E-state index in [-0.39, 0.29) is 5.91 Å². The van der Waals surface area contributed by atoms with E-state index in [1.165, 1.54) is 0 Å². The van der Waals surface area contributed by atoms with E-state index in [0.29, 0.717) is 0 Å². The zero-order valence-electron chi connectivity index (χ0n) is 11.4. The fourth-order valence-electron chi connectivity index (χ4n) is 1.55. The number of benzene rings is 1. The van der Waals surface area contributed by atoms with Crippen LogP contribution in [0.25, 0.3) is 0 Å². The maximum absolute atomic E-state index is 11.9. The third kappa shape index (κ3) is 4.20. The van der Waals surface area contributed by atoms with Gasteiger partial charge in [0, 0.05) is 10.6 Å². The topological polar surface area (TPSA) is 50.7 Å². The van der Waals surface area contributed by atoms with Crippen molar-refractivity contribution in [1.29, 1.82) is 0 Å². The van der Waals surface area contributed by atoms with Gasteiger partial charge in [0.25, 0.3) is 5.91 Å². The number of hydrogen-bond donors (Lipinski definition) is 1. The predicted molar refractivity (Wildman–Crippen MR) is 82.3 cm³/mol. The van der Waals surface area contributed by atoms with Crippen LogP contribution in [-0.4, -0.2) is 18.2 Å². The minimum absolute atomic E-state index is 0.223. The highest BCUT2D eigenvalue weighted by Crippen LogP contribution is 2.10. The van der Waals surface area contributed by atoms with Crippen molar-refractivity contribution in [3.63, 3.8) is 0 Å². The number of anilines is 1. The smallest absolute Gasteiger partial charge is 0.267 e. The third-order valence-electron chi connectivity index (χ3n) is 2.60. The van der Waals surface area contributed by atoms with E-state index >= 15 is 0 Å². The number of carbonyl (C=O) groups excluding carboxylic acids is 1. The van der Waals surface area contributed by atoms with Crippen LogP contribution in [0.1, 0.15) is 17.4 Å². The Bertz CT molecular complexity index is 594. The number of hydrogen-bond acceptors (Lipinski definition) is 4. The first-order valence-corrected chi connectivity index (χ1v) is 7.13. The van der Waals surface area contributed by atoms with E-state index in [1.54, 1.807) is 24.5 Å². The third-order valence-corrected chi connectivity index (χ3v) is 3.40. The molecule has 1 aromatic carbocycles. The van der Waals surface area contributed by atoms with Gasteiger partial charge < -0.3 is 10.2 Å². The molecule has 1 N–H and O–H groups in total. The van der Waals surface area contributed by atoms with Crippen LogP contribution >= 0.6 is 11.3 Å². The lowest BCUT2D eigenvalue weighted by Gasteiger charge is -2.10. The van der Waals surface area contributed by atoms with Gasteiger partial charge in [-0.15, -0.1) is 11.3 Å². The molecule has 0 radical (unpaired) electrons. The van der Waals surface area contributed by atoms with Gasteiger partial charge in [-0.1, -0.05) is 23.4 Å². The van der Waals surface area contributed by atoms with Crippen molar-refractivity contribution < 1.29 is 9.63 Å². The Kier molecular flexibility index (Phi) is 4.90. The molecule has 0 fully saturated rings. The number of carbonyl (C=O) groups is 1. The number of nitrogens with one attached hydrogen (secondary N) is 1. The van der Waals surface area contributed by atoms with Crippen LogP contribution in [0.3, 0.4) is 0 Å². The molecule has 0 spiro atoms. The summed E-state index contributed by atoms with van der Waals surface area (Å²) in [5.41, 5.74) is 1.85. The summed E-state index contributed by atoms with van der Waals surface area (Å²) in [7, 11) is 0. The summed E-state index contributed by atoms with van der Waals surface area (Å²) in [5, 5.41) is 8.56. The molecule has 0 saturated heterocycles. The zero-order valence-corrected chi connectivity index (χ0v) is 12.2. The minimum atomic E-state index is -0.647. The van der Waals surface area contributed by atoms with E-state index in [9.17, 15) is 4.79 Å². The van der Waals surface area contributed by atoms with Crippen molar-refractivity contribution in [1.82, 2.24) is 0 Å². The Morgan fingerprint density at radius 3 is 2.95 bits per heavy atom. The second-order valence-corrected chi connectivity index (χ2v) is 5.34. The molecule has 1 atom stereocenters. The highest BCUT2D eigenvalue weighted by Gasteiger charge is 2.14. The molecule has 0 aliphatic carbocycles. The lowest BCUT2D eigenvalue weighted by atomic mass is 10.2. The van der Waals surface area contributed by atoms with Crippen molar-refractivity contribution in [2.24, 2.45) is 5.16 Å². The lowest BCUT2D eigenvalue weighted by molar-refractivity contribution is -0.126. The summed E-state index contributed by atoms with van der Waals surface area (Å²) < 4.78 is 0. The summed E-state index contributed by atoms with van der Waals surface area (Å²) in [6.07, 6.45) is 0.952. The quantitative estimate of drug-likeness (QED) is 0.677.